The fourth-order valence-corrected chi connectivity index (χ4v) is 3.02. The second-order valence-corrected chi connectivity index (χ2v) is 7.89. The molecule has 170 valence electrons. The standard InChI is InChI=1S/C24H39NO5/c1-5-6-7-8-9-10-11-12-17-29-23(26)21-14-13-15-22(25-21)24(27)30-20(3)19(2)16-18-28-4/h13-15,19-20H,5-12,16-18H2,1-4H3. The molecule has 1 aromatic rings. The van der Waals surface area contributed by atoms with Crippen LogP contribution in [0.15, 0.2) is 18.2 Å². The van der Waals surface area contributed by atoms with Gasteiger partial charge in [-0.2, -0.15) is 0 Å². The third-order valence-corrected chi connectivity index (χ3v) is 5.27. The molecule has 0 N–H and O–H groups in total. The highest BCUT2D eigenvalue weighted by Gasteiger charge is 2.20. The van der Waals surface area contributed by atoms with Gasteiger partial charge in [-0.15, -0.1) is 0 Å². The Bertz CT molecular complexity index is 619. The van der Waals surface area contributed by atoms with Gasteiger partial charge in [0.25, 0.3) is 0 Å². The molecule has 2 unspecified atom stereocenters. The number of carbonyl (C=O) groups excluding carboxylic acids is 2. The number of methoxy groups -OCH3 is 1. The molecule has 0 saturated carbocycles. The zero-order valence-corrected chi connectivity index (χ0v) is 19.2. The average Bonchev–Trinajstić information content (AvgIpc) is 2.76. The summed E-state index contributed by atoms with van der Waals surface area (Å²) >= 11 is 0. The molecule has 0 aliphatic carbocycles. The normalized spacial score (nSPS) is 12.9. The van der Waals surface area contributed by atoms with Gasteiger partial charge in [-0.25, -0.2) is 14.6 Å². The summed E-state index contributed by atoms with van der Waals surface area (Å²) in [6.45, 7) is 7.05. The zero-order chi connectivity index (χ0) is 22.2. The quantitative estimate of drug-likeness (QED) is 0.256. The second kappa shape index (κ2) is 15.8. The van der Waals surface area contributed by atoms with Crippen LogP contribution < -0.4 is 0 Å². The summed E-state index contributed by atoms with van der Waals surface area (Å²) in [6, 6.07) is 4.72. The molecule has 0 aliphatic heterocycles. The minimum absolute atomic E-state index is 0.113. The Hall–Kier alpha value is -1.95. The molecular formula is C24H39NO5. The van der Waals surface area contributed by atoms with Gasteiger partial charge in [-0.1, -0.05) is 64.9 Å². The summed E-state index contributed by atoms with van der Waals surface area (Å²) in [5.74, 6) is -0.882. The van der Waals surface area contributed by atoms with Crippen molar-refractivity contribution in [2.45, 2.75) is 84.7 Å². The lowest BCUT2D eigenvalue weighted by atomic mass is 10.0. The predicted molar refractivity (Wildman–Crippen MR) is 118 cm³/mol. The average molecular weight is 422 g/mol. The van der Waals surface area contributed by atoms with E-state index < -0.39 is 11.9 Å². The van der Waals surface area contributed by atoms with Crippen molar-refractivity contribution >= 4 is 11.9 Å². The summed E-state index contributed by atoms with van der Waals surface area (Å²) in [7, 11) is 1.65. The van der Waals surface area contributed by atoms with Crippen molar-refractivity contribution < 1.29 is 23.8 Å². The molecule has 6 heteroatoms. The molecule has 1 aromatic heterocycles. The van der Waals surface area contributed by atoms with Crippen LogP contribution in [0, 0.1) is 5.92 Å². The van der Waals surface area contributed by atoms with E-state index in [0.29, 0.717) is 13.2 Å². The SMILES string of the molecule is CCCCCCCCCCOC(=O)c1cccc(C(=O)OC(C)C(C)CCOC)n1. The van der Waals surface area contributed by atoms with Crippen LogP contribution in [0.2, 0.25) is 0 Å². The Morgan fingerprint density at radius 3 is 2.13 bits per heavy atom. The maximum absolute atomic E-state index is 12.4. The van der Waals surface area contributed by atoms with Gasteiger partial charge in [0.15, 0.2) is 0 Å². The molecule has 0 saturated heterocycles. The van der Waals surface area contributed by atoms with Gasteiger partial charge in [-0.3, -0.25) is 0 Å². The Labute approximate surface area is 181 Å². The number of nitrogens with zero attached hydrogens (tertiary/aromatic N) is 1. The Kier molecular flexibility index (Phi) is 13.8. The van der Waals surface area contributed by atoms with Crippen molar-refractivity contribution in [2.75, 3.05) is 20.3 Å². The molecule has 0 fully saturated rings. The van der Waals surface area contributed by atoms with Gasteiger partial charge in [0, 0.05) is 13.7 Å². The number of pyridine rings is 1. The number of aromatic nitrogens is 1. The van der Waals surface area contributed by atoms with E-state index in [-0.39, 0.29) is 23.4 Å². The highest BCUT2D eigenvalue weighted by molar-refractivity contribution is 5.91. The van der Waals surface area contributed by atoms with E-state index in [0.717, 1.165) is 19.3 Å². The van der Waals surface area contributed by atoms with Crippen molar-refractivity contribution in [1.82, 2.24) is 4.98 Å². The topological polar surface area (TPSA) is 74.7 Å². The Balaban J connectivity index is 2.37. The van der Waals surface area contributed by atoms with Crippen LogP contribution in [0.4, 0.5) is 0 Å². The summed E-state index contributed by atoms with van der Waals surface area (Å²) in [6.07, 6.45) is 9.99. The van der Waals surface area contributed by atoms with Crippen LogP contribution in [-0.4, -0.2) is 43.4 Å². The lowest BCUT2D eigenvalue weighted by Crippen LogP contribution is -2.24. The fourth-order valence-electron chi connectivity index (χ4n) is 3.02. The minimum atomic E-state index is -0.538. The van der Waals surface area contributed by atoms with Crippen molar-refractivity contribution in [2.24, 2.45) is 5.92 Å². The number of rotatable bonds is 16. The van der Waals surface area contributed by atoms with Crippen LogP contribution in [-0.2, 0) is 14.2 Å². The van der Waals surface area contributed by atoms with Crippen LogP contribution in [0.1, 0.15) is 99.5 Å². The first-order valence-corrected chi connectivity index (χ1v) is 11.3. The van der Waals surface area contributed by atoms with E-state index in [1.54, 1.807) is 25.3 Å². The number of ether oxygens (including phenoxy) is 3. The highest BCUT2D eigenvalue weighted by Crippen LogP contribution is 2.14. The smallest absolute Gasteiger partial charge is 0.357 e. The van der Waals surface area contributed by atoms with Gasteiger partial charge in [0.05, 0.1) is 6.61 Å². The largest absolute Gasteiger partial charge is 0.461 e. The van der Waals surface area contributed by atoms with E-state index >= 15 is 0 Å². The molecule has 0 aliphatic rings. The summed E-state index contributed by atoms with van der Waals surface area (Å²) < 4.78 is 15.8. The Morgan fingerprint density at radius 2 is 1.50 bits per heavy atom. The minimum Gasteiger partial charge on any atom is -0.461 e. The highest BCUT2D eigenvalue weighted by atomic mass is 16.5. The van der Waals surface area contributed by atoms with Crippen LogP contribution in [0.5, 0.6) is 0 Å². The molecule has 30 heavy (non-hydrogen) atoms. The van der Waals surface area contributed by atoms with E-state index in [1.165, 1.54) is 38.5 Å². The number of carbonyl (C=O) groups is 2. The molecule has 0 radical (unpaired) electrons. The fraction of sp³-hybridized carbons (Fsp3) is 0.708. The van der Waals surface area contributed by atoms with Crippen LogP contribution >= 0.6 is 0 Å². The van der Waals surface area contributed by atoms with Gasteiger partial charge in [0.2, 0.25) is 0 Å². The monoisotopic (exact) mass is 421 g/mol. The molecule has 1 rings (SSSR count). The number of esters is 2. The summed E-state index contributed by atoms with van der Waals surface area (Å²) in [4.78, 5) is 28.7. The van der Waals surface area contributed by atoms with Gasteiger partial charge in [-0.05, 0) is 37.8 Å². The molecule has 0 amide bonds. The molecule has 0 aromatic carbocycles. The molecule has 6 nitrogen and oxygen atoms in total. The predicted octanol–water partition coefficient (Wildman–Crippen LogP) is 5.60. The first kappa shape index (κ1) is 26.1. The van der Waals surface area contributed by atoms with Crippen LogP contribution in [0.3, 0.4) is 0 Å². The summed E-state index contributed by atoms with van der Waals surface area (Å²) in [5, 5.41) is 0. The molecule has 1 heterocycles. The van der Waals surface area contributed by atoms with E-state index in [1.807, 2.05) is 13.8 Å². The summed E-state index contributed by atoms with van der Waals surface area (Å²) in [5.41, 5.74) is 0.242. The molecule has 2 atom stereocenters. The number of unbranched alkanes of at least 4 members (excludes halogenated alkanes) is 7. The van der Waals surface area contributed by atoms with Crippen molar-refractivity contribution in [1.29, 1.82) is 0 Å². The molecular weight excluding hydrogens is 382 g/mol. The lowest BCUT2D eigenvalue weighted by molar-refractivity contribution is 0.0167. The number of hydrogen-bond acceptors (Lipinski definition) is 6. The van der Waals surface area contributed by atoms with E-state index in [4.69, 9.17) is 14.2 Å². The van der Waals surface area contributed by atoms with Crippen LogP contribution in [0.25, 0.3) is 0 Å². The van der Waals surface area contributed by atoms with Gasteiger partial charge < -0.3 is 14.2 Å². The zero-order valence-electron chi connectivity index (χ0n) is 19.2. The van der Waals surface area contributed by atoms with Crippen molar-refractivity contribution in [3.8, 4) is 0 Å². The Morgan fingerprint density at radius 1 is 0.900 bits per heavy atom. The van der Waals surface area contributed by atoms with Crippen molar-refractivity contribution in [3.63, 3.8) is 0 Å². The molecule has 0 bridgehead atoms. The first-order chi connectivity index (χ1) is 14.5. The molecule has 0 spiro atoms. The maximum atomic E-state index is 12.4. The third-order valence-electron chi connectivity index (χ3n) is 5.27. The van der Waals surface area contributed by atoms with Crippen molar-refractivity contribution in [3.05, 3.63) is 29.6 Å². The van der Waals surface area contributed by atoms with E-state index in [9.17, 15) is 9.59 Å². The van der Waals surface area contributed by atoms with E-state index in [2.05, 4.69) is 11.9 Å². The van der Waals surface area contributed by atoms with Gasteiger partial charge in [0.1, 0.15) is 17.5 Å². The van der Waals surface area contributed by atoms with Gasteiger partial charge >= 0.3 is 11.9 Å². The first-order valence-electron chi connectivity index (χ1n) is 11.3. The third kappa shape index (κ3) is 10.7. The lowest BCUT2D eigenvalue weighted by Gasteiger charge is -2.19. The number of hydrogen-bond donors (Lipinski definition) is 0. The second-order valence-electron chi connectivity index (χ2n) is 7.89. The maximum Gasteiger partial charge on any atom is 0.357 e.